The first-order chi connectivity index (χ1) is 19.4. The number of anilines is 3. The minimum atomic E-state index is -0.474. The van der Waals surface area contributed by atoms with E-state index in [0.29, 0.717) is 22.6 Å². The van der Waals surface area contributed by atoms with Crippen molar-refractivity contribution in [1.82, 2.24) is 5.32 Å². The predicted molar refractivity (Wildman–Crippen MR) is 161 cm³/mol. The normalized spacial score (nSPS) is 10.9. The van der Waals surface area contributed by atoms with E-state index in [1.165, 1.54) is 30.0 Å². The van der Waals surface area contributed by atoms with Crippen LogP contribution in [0.15, 0.2) is 106 Å². The molecular weight excluding hydrogens is 544 g/mol. The molecule has 40 heavy (non-hydrogen) atoms. The average molecular weight is 571 g/mol. The molecule has 0 atom stereocenters. The summed E-state index contributed by atoms with van der Waals surface area (Å²) in [6.45, 7) is 1.43. The highest BCUT2D eigenvalue weighted by molar-refractivity contribution is 8.00. The van der Waals surface area contributed by atoms with Crippen molar-refractivity contribution in [2.45, 2.75) is 11.8 Å². The average Bonchev–Trinajstić information content (AvgIpc) is 3.46. The summed E-state index contributed by atoms with van der Waals surface area (Å²) in [5.41, 5.74) is 3.12. The molecule has 0 saturated carbocycles. The van der Waals surface area contributed by atoms with E-state index in [2.05, 4.69) is 21.3 Å². The van der Waals surface area contributed by atoms with Crippen molar-refractivity contribution in [3.8, 4) is 0 Å². The fourth-order valence-corrected chi connectivity index (χ4v) is 4.89. The van der Waals surface area contributed by atoms with Crippen molar-refractivity contribution in [1.29, 1.82) is 0 Å². The Hall–Kier alpha value is -4.67. The van der Waals surface area contributed by atoms with Gasteiger partial charge in [-0.25, -0.2) is 0 Å². The van der Waals surface area contributed by atoms with Crippen LogP contribution in [0.25, 0.3) is 6.08 Å². The van der Waals surface area contributed by atoms with Crippen molar-refractivity contribution in [2.75, 3.05) is 21.7 Å². The van der Waals surface area contributed by atoms with Crippen LogP contribution < -0.4 is 21.3 Å². The van der Waals surface area contributed by atoms with Gasteiger partial charge >= 0.3 is 0 Å². The Balaban J connectivity index is 1.37. The van der Waals surface area contributed by atoms with Gasteiger partial charge in [0.05, 0.1) is 5.75 Å². The molecule has 1 heterocycles. The number of amides is 4. The van der Waals surface area contributed by atoms with Crippen molar-refractivity contribution in [3.05, 3.63) is 113 Å². The summed E-state index contributed by atoms with van der Waals surface area (Å²) in [6.07, 6.45) is 1.62. The highest BCUT2D eigenvalue weighted by atomic mass is 32.2. The van der Waals surface area contributed by atoms with E-state index in [-0.39, 0.29) is 23.3 Å². The highest BCUT2D eigenvalue weighted by Crippen LogP contribution is 2.23. The van der Waals surface area contributed by atoms with Crippen molar-refractivity contribution in [3.63, 3.8) is 0 Å². The first kappa shape index (κ1) is 28.3. The number of benzene rings is 3. The van der Waals surface area contributed by atoms with Crippen LogP contribution in [0.1, 0.15) is 22.8 Å². The molecule has 0 aliphatic heterocycles. The van der Waals surface area contributed by atoms with E-state index < -0.39 is 11.8 Å². The van der Waals surface area contributed by atoms with Gasteiger partial charge in [-0.15, -0.1) is 11.8 Å². The zero-order chi connectivity index (χ0) is 28.3. The molecule has 0 radical (unpaired) electrons. The molecule has 10 heteroatoms. The van der Waals surface area contributed by atoms with E-state index >= 15 is 0 Å². The quantitative estimate of drug-likeness (QED) is 0.141. The molecule has 4 N–H and O–H groups in total. The van der Waals surface area contributed by atoms with E-state index in [4.69, 9.17) is 0 Å². The number of hydrogen-bond acceptors (Lipinski definition) is 6. The first-order valence-electron chi connectivity index (χ1n) is 12.2. The van der Waals surface area contributed by atoms with Crippen LogP contribution in [0.4, 0.5) is 17.1 Å². The molecule has 4 rings (SSSR count). The molecule has 4 aromatic rings. The monoisotopic (exact) mass is 570 g/mol. The number of thiophene rings is 1. The lowest BCUT2D eigenvalue weighted by Crippen LogP contribution is -2.30. The number of carbonyl (C=O) groups excluding carboxylic acids is 4. The summed E-state index contributed by atoms with van der Waals surface area (Å²) in [5, 5.41) is 14.8. The minimum absolute atomic E-state index is 0.106. The lowest BCUT2D eigenvalue weighted by Gasteiger charge is -2.12. The van der Waals surface area contributed by atoms with Crippen LogP contribution in [0.5, 0.6) is 0 Å². The molecular formula is C30H26N4O4S2. The van der Waals surface area contributed by atoms with E-state index in [0.717, 1.165) is 10.5 Å². The fourth-order valence-electron chi connectivity index (χ4n) is 3.51. The zero-order valence-electron chi connectivity index (χ0n) is 21.5. The number of nitrogens with one attached hydrogen (secondary N) is 4. The third-order valence-electron chi connectivity index (χ3n) is 5.33. The largest absolute Gasteiger partial charge is 0.326 e. The summed E-state index contributed by atoms with van der Waals surface area (Å²) in [7, 11) is 0. The molecule has 0 aliphatic carbocycles. The zero-order valence-corrected chi connectivity index (χ0v) is 23.1. The van der Waals surface area contributed by atoms with Gasteiger partial charge in [0, 0.05) is 34.4 Å². The SMILES string of the molecule is CC(=O)Nc1ccc(NC(=O)CSc2cccc(NC(=O)/C(=C/c3ccsc3)NC(=O)c3ccccc3)c2)cc1. The van der Waals surface area contributed by atoms with Gasteiger partial charge in [0.25, 0.3) is 11.8 Å². The summed E-state index contributed by atoms with van der Waals surface area (Å²) >= 11 is 2.80. The van der Waals surface area contributed by atoms with Gasteiger partial charge in [0.15, 0.2) is 0 Å². The van der Waals surface area contributed by atoms with Crippen LogP contribution in [0.3, 0.4) is 0 Å². The number of thioether (sulfide) groups is 1. The standard InChI is InChI=1S/C30H26N4O4S2/c1-20(35)31-23-10-12-24(13-11-23)32-28(36)19-40-26-9-5-8-25(17-26)33-30(38)27(16-21-14-15-39-18-21)34-29(37)22-6-3-2-4-7-22/h2-18H,19H2,1H3,(H,31,35)(H,32,36)(H,33,38)(H,34,37)/b27-16-. The maximum Gasteiger partial charge on any atom is 0.272 e. The van der Waals surface area contributed by atoms with Crippen molar-refractivity contribution < 1.29 is 19.2 Å². The summed E-state index contributed by atoms with van der Waals surface area (Å²) < 4.78 is 0. The lowest BCUT2D eigenvalue weighted by atomic mass is 10.2. The smallest absolute Gasteiger partial charge is 0.272 e. The molecule has 8 nitrogen and oxygen atoms in total. The Morgan fingerprint density at radius 3 is 2.20 bits per heavy atom. The van der Waals surface area contributed by atoms with Gasteiger partial charge in [-0.2, -0.15) is 11.3 Å². The molecule has 0 fully saturated rings. The Morgan fingerprint density at radius 1 is 0.800 bits per heavy atom. The van der Waals surface area contributed by atoms with E-state index in [9.17, 15) is 19.2 Å². The van der Waals surface area contributed by atoms with Crippen LogP contribution in [-0.2, 0) is 14.4 Å². The Kier molecular flexibility index (Phi) is 9.87. The van der Waals surface area contributed by atoms with Crippen LogP contribution in [0, 0.1) is 0 Å². The van der Waals surface area contributed by atoms with E-state index in [1.54, 1.807) is 72.8 Å². The Labute approximate surface area is 239 Å². The molecule has 0 saturated heterocycles. The van der Waals surface area contributed by atoms with Crippen LogP contribution >= 0.6 is 23.1 Å². The second-order valence-corrected chi connectivity index (χ2v) is 10.3. The molecule has 1 aromatic heterocycles. The molecule has 0 unspecified atom stereocenters. The third kappa shape index (κ3) is 8.69. The van der Waals surface area contributed by atoms with Gasteiger partial charge < -0.3 is 21.3 Å². The molecule has 202 valence electrons. The van der Waals surface area contributed by atoms with Crippen LogP contribution in [-0.4, -0.2) is 29.4 Å². The Morgan fingerprint density at radius 2 is 1.52 bits per heavy atom. The maximum absolute atomic E-state index is 13.2. The van der Waals surface area contributed by atoms with Gasteiger partial charge in [-0.1, -0.05) is 24.3 Å². The molecule has 4 amide bonds. The topological polar surface area (TPSA) is 116 Å². The summed E-state index contributed by atoms with van der Waals surface area (Å²) in [6, 6.07) is 24.5. The van der Waals surface area contributed by atoms with E-state index in [1.807, 2.05) is 29.0 Å². The molecule has 0 bridgehead atoms. The predicted octanol–water partition coefficient (Wildman–Crippen LogP) is 5.85. The molecule has 0 aliphatic rings. The molecule has 3 aromatic carbocycles. The van der Waals surface area contributed by atoms with Gasteiger partial charge in [0.2, 0.25) is 11.8 Å². The van der Waals surface area contributed by atoms with Gasteiger partial charge in [-0.05, 0) is 83.1 Å². The van der Waals surface area contributed by atoms with Crippen molar-refractivity contribution >= 4 is 69.9 Å². The van der Waals surface area contributed by atoms with Gasteiger partial charge in [0.1, 0.15) is 5.70 Å². The van der Waals surface area contributed by atoms with Crippen molar-refractivity contribution in [2.24, 2.45) is 0 Å². The fraction of sp³-hybridized carbons (Fsp3) is 0.0667. The minimum Gasteiger partial charge on any atom is -0.326 e. The maximum atomic E-state index is 13.2. The highest BCUT2D eigenvalue weighted by Gasteiger charge is 2.15. The second-order valence-electron chi connectivity index (χ2n) is 8.51. The van der Waals surface area contributed by atoms with Crippen LogP contribution in [0.2, 0.25) is 0 Å². The summed E-state index contributed by atoms with van der Waals surface area (Å²) in [5.74, 6) is -1.08. The van der Waals surface area contributed by atoms with Gasteiger partial charge in [-0.3, -0.25) is 19.2 Å². The Bertz CT molecular complexity index is 1520. The lowest BCUT2D eigenvalue weighted by molar-refractivity contribution is -0.114. The first-order valence-corrected chi connectivity index (χ1v) is 14.1. The molecule has 0 spiro atoms. The third-order valence-corrected chi connectivity index (χ3v) is 7.03. The number of hydrogen-bond donors (Lipinski definition) is 4. The number of rotatable bonds is 10. The summed E-state index contributed by atoms with van der Waals surface area (Å²) in [4.78, 5) is 50.3. The second kappa shape index (κ2) is 13.9. The number of carbonyl (C=O) groups is 4.